The summed E-state index contributed by atoms with van der Waals surface area (Å²) >= 11 is 0. The summed E-state index contributed by atoms with van der Waals surface area (Å²) in [7, 11) is 9.14. The minimum Gasteiger partial charge on any atom is -0.495 e. The number of carbonyl (C=O) groups excluding carboxylic acids is 1. The van der Waals surface area contributed by atoms with Crippen LogP contribution in [0, 0.1) is 12.8 Å². The Morgan fingerprint density at radius 3 is 2.17 bits per heavy atom. The summed E-state index contributed by atoms with van der Waals surface area (Å²) in [5.41, 5.74) is 5.17. The van der Waals surface area contributed by atoms with Crippen molar-refractivity contribution in [3.63, 3.8) is 0 Å². The number of anilines is 2. The molecular formula is C29H49F3N6O2. The second-order valence-corrected chi connectivity index (χ2v) is 9.87. The van der Waals surface area contributed by atoms with Crippen LogP contribution in [-0.2, 0) is 17.5 Å². The van der Waals surface area contributed by atoms with Crippen LogP contribution >= 0.6 is 0 Å². The molecule has 0 bridgehead atoms. The molecule has 0 spiro atoms. The molecule has 1 aliphatic carbocycles. The number of rotatable bonds is 8. The number of hydrogen-bond acceptors (Lipinski definition) is 8. The van der Waals surface area contributed by atoms with Gasteiger partial charge in [0.15, 0.2) is 0 Å². The van der Waals surface area contributed by atoms with Crippen LogP contribution in [-0.4, -0.2) is 74.4 Å². The Hall–Kier alpha value is -2.76. The number of halogens is 3. The zero-order valence-corrected chi connectivity index (χ0v) is 25.4. The number of nitrogens with one attached hydrogen (secondary N) is 1. The molecule has 3 N–H and O–H groups in total. The minimum atomic E-state index is -4.47. The lowest BCUT2D eigenvalue weighted by molar-refractivity contribution is -0.138. The Balaban J connectivity index is 0.00000106. The highest BCUT2D eigenvalue weighted by Gasteiger charge is 2.33. The standard InChI is InChI=1S/C19H26F3N5O.C7H14.C2H4O.CH5N/c1-13-15(19(20,21)22)11-23-18(24-13)25-16-7-6-14(10-17(16)28-5)12-27(4)9-8-26(2)3;1-7-5-3-2-4-6-7;1-2-3;1-2/h6-7,10-11H,8-9,12H2,1-5H3,(H,23,24,25);7H,2-6H2,1H3;2H,1H3;2H2,1H3. The summed E-state index contributed by atoms with van der Waals surface area (Å²) in [5.74, 6) is 1.69. The quantitative estimate of drug-likeness (QED) is 0.378. The van der Waals surface area contributed by atoms with E-state index < -0.39 is 11.7 Å². The van der Waals surface area contributed by atoms with E-state index in [1.54, 1.807) is 7.11 Å². The molecule has 1 aromatic heterocycles. The lowest BCUT2D eigenvalue weighted by Gasteiger charge is -2.20. The monoisotopic (exact) mass is 570 g/mol. The Morgan fingerprint density at radius 1 is 1.12 bits per heavy atom. The van der Waals surface area contributed by atoms with Crippen molar-refractivity contribution in [3.05, 3.63) is 41.2 Å². The van der Waals surface area contributed by atoms with Crippen molar-refractivity contribution in [1.29, 1.82) is 0 Å². The van der Waals surface area contributed by atoms with Gasteiger partial charge >= 0.3 is 6.18 Å². The maximum atomic E-state index is 12.8. The summed E-state index contributed by atoms with van der Waals surface area (Å²) < 4.78 is 44.0. The normalized spacial score (nSPS) is 13.2. The zero-order chi connectivity index (χ0) is 30.7. The number of nitrogens with two attached hydrogens (primary N) is 1. The lowest BCUT2D eigenvalue weighted by Crippen LogP contribution is -2.28. The number of carbonyl (C=O) groups is 1. The van der Waals surface area contributed by atoms with Gasteiger partial charge in [-0.15, -0.1) is 0 Å². The first-order valence-corrected chi connectivity index (χ1v) is 13.6. The van der Waals surface area contributed by atoms with E-state index >= 15 is 0 Å². The molecular weight excluding hydrogens is 521 g/mol. The van der Waals surface area contributed by atoms with Crippen molar-refractivity contribution in [2.75, 3.05) is 53.7 Å². The summed E-state index contributed by atoms with van der Waals surface area (Å²) in [4.78, 5) is 20.8. The van der Waals surface area contributed by atoms with Gasteiger partial charge in [-0.3, -0.25) is 0 Å². The fraction of sp³-hybridized carbons (Fsp3) is 0.621. The third-order valence-corrected chi connectivity index (χ3v) is 6.07. The summed E-state index contributed by atoms with van der Waals surface area (Å²) in [6.45, 7) is 7.74. The van der Waals surface area contributed by atoms with Crippen LogP contribution in [0.25, 0.3) is 0 Å². The molecule has 11 heteroatoms. The highest BCUT2D eigenvalue weighted by Crippen LogP contribution is 2.32. The van der Waals surface area contributed by atoms with Gasteiger partial charge in [0.1, 0.15) is 12.0 Å². The van der Waals surface area contributed by atoms with Gasteiger partial charge in [0, 0.05) is 25.8 Å². The molecule has 0 atom stereocenters. The molecule has 2 aromatic rings. The van der Waals surface area contributed by atoms with Gasteiger partial charge in [0.05, 0.1) is 24.1 Å². The number of aromatic nitrogens is 2. The number of alkyl halides is 3. The average molecular weight is 571 g/mol. The lowest BCUT2D eigenvalue weighted by atomic mass is 9.91. The van der Waals surface area contributed by atoms with Gasteiger partial charge in [-0.05, 0) is 65.7 Å². The fourth-order valence-corrected chi connectivity index (χ4v) is 3.93. The van der Waals surface area contributed by atoms with Crippen molar-refractivity contribution in [2.24, 2.45) is 11.7 Å². The van der Waals surface area contributed by atoms with E-state index in [-0.39, 0.29) is 11.6 Å². The molecule has 8 nitrogen and oxygen atoms in total. The molecule has 0 saturated heterocycles. The van der Waals surface area contributed by atoms with Gasteiger partial charge in [0.2, 0.25) is 5.95 Å². The molecule has 0 unspecified atom stereocenters. The van der Waals surface area contributed by atoms with Crippen LogP contribution < -0.4 is 15.8 Å². The molecule has 1 aromatic carbocycles. The van der Waals surface area contributed by atoms with E-state index in [2.05, 4.69) is 37.7 Å². The van der Waals surface area contributed by atoms with E-state index in [0.29, 0.717) is 11.4 Å². The van der Waals surface area contributed by atoms with Crippen LogP contribution in [0.3, 0.4) is 0 Å². The smallest absolute Gasteiger partial charge is 0.419 e. The number of aldehydes is 1. The summed E-state index contributed by atoms with van der Waals surface area (Å²) in [5, 5.41) is 2.93. The van der Waals surface area contributed by atoms with Crippen LogP contribution in [0.4, 0.5) is 24.8 Å². The minimum absolute atomic E-state index is 0.0830. The number of benzene rings is 1. The number of hydrogen-bond donors (Lipinski definition) is 2. The Morgan fingerprint density at radius 2 is 1.73 bits per heavy atom. The Bertz CT molecular complexity index is 967. The number of nitrogens with zero attached hydrogens (tertiary/aromatic N) is 4. The number of ether oxygens (including phenoxy) is 1. The fourth-order valence-electron chi connectivity index (χ4n) is 3.93. The van der Waals surface area contributed by atoms with Gasteiger partial charge in [-0.2, -0.15) is 13.2 Å². The topological polar surface area (TPSA) is 96.6 Å². The van der Waals surface area contributed by atoms with Crippen molar-refractivity contribution in [1.82, 2.24) is 19.8 Å². The van der Waals surface area contributed by atoms with Gasteiger partial charge < -0.3 is 30.4 Å². The second kappa shape index (κ2) is 20.2. The molecule has 1 heterocycles. The SMILES string of the molecule is CC1CCCCC1.CC=O.CN.COc1cc(CN(C)CCN(C)C)ccc1Nc1ncc(C(F)(F)F)c(C)n1. The van der Waals surface area contributed by atoms with Crippen LogP contribution in [0.15, 0.2) is 24.4 Å². The molecule has 1 fully saturated rings. The highest BCUT2D eigenvalue weighted by atomic mass is 19.4. The maximum Gasteiger partial charge on any atom is 0.419 e. The zero-order valence-electron chi connectivity index (χ0n) is 25.4. The van der Waals surface area contributed by atoms with Gasteiger partial charge in [-0.1, -0.05) is 45.1 Å². The van der Waals surface area contributed by atoms with E-state index in [9.17, 15) is 13.2 Å². The average Bonchev–Trinajstić information content (AvgIpc) is 2.90. The third-order valence-electron chi connectivity index (χ3n) is 6.07. The van der Waals surface area contributed by atoms with Crippen molar-refractivity contribution in [2.45, 2.75) is 65.6 Å². The number of methoxy groups -OCH3 is 1. The second-order valence-electron chi connectivity index (χ2n) is 9.87. The molecule has 0 radical (unpaired) electrons. The molecule has 1 aliphatic rings. The highest BCUT2D eigenvalue weighted by molar-refractivity contribution is 5.63. The van der Waals surface area contributed by atoms with Crippen LogP contribution in [0.1, 0.15) is 62.8 Å². The predicted molar refractivity (Wildman–Crippen MR) is 157 cm³/mol. The van der Waals surface area contributed by atoms with Crippen LogP contribution in [0.5, 0.6) is 5.75 Å². The summed E-state index contributed by atoms with van der Waals surface area (Å²) in [6, 6.07) is 5.64. The summed E-state index contributed by atoms with van der Waals surface area (Å²) in [6.07, 6.45) is 4.50. The molecule has 3 rings (SSSR count). The van der Waals surface area contributed by atoms with Crippen molar-refractivity contribution < 1.29 is 22.7 Å². The predicted octanol–water partition coefficient (Wildman–Crippen LogP) is 5.92. The maximum absolute atomic E-state index is 12.8. The largest absolute Gasteiger partial charge is 0.495 e. The number of likely N-dealkylation sites (N-methyl/N-ethyl adjacent to an activating group) is 2. The Labute approximate surface area is 238 Å². The van der Waals surface area contributed by atoms with E-state index in [0.717, 1.165) is 43.6 Å². The molecule has 0 aliphatic heterocycles. The van der Waals surface area contributed by atoms with Crippen molar-refractivity contribution >= 4 is 17.9 Å². The Kier molecular flexibility index (Phi) is 18.8. The van der Waals surface area contributed by atoms with E-state index in [4.69, 9.17) is 9.53 Å². The third kappa shape index (κ3) is 15.1. The first-order valence-electron chi connectivity index (χ1n) is 13.6. The first-order chi connectivity index (χ1) is 18.9. The van der Waals surface area contributed by atoms with Crippen LogP contribution in [0.2, 0.25) is 0 Å². The molecule has 1 saturated carbocycles. The molecule has 228 valence electrons. The molecule has 40 heavy (non-hydrogen) atoms. The first kappa shape index (κ1) is 37.2. The van der Waals surface area contributed by atoms with Gasteiger partial charge in [0.25, 0.3) is 0 Å². The van der Waals surface area contributed by atoms with E-state index in [1.165, 1.54) is 53.0 Å². The number of aryl methyl sites for hydroxylation is 1. The van der Waals surface area contributed by atoms with Crippen molar-refractivity contribution in [3.8, 4) is 5.75 Å². The molecule has 0 amide bonds. The van der Waals surface area contributed by atoms with E-state index in [1.807, 2.05) is 39.3 Å². The van der Waals surface area contributed by atoms with Gasteiger partial charge in [-0.25, -0.2) is 9.97 Å².